The quantitative estimate of drug-likeness (QED) is 0.830. The molecule has 0 aromatic carbocycles. The number of carbonyl (C=O) groups excluding carboxylic acids is 1. The van der Waals surface area contributed by atoms with Crippen LogP contribution in [-0.4, -0.2) is 29.3 Å². The molecular weight excluding hydrogens is 296 g/mol. The van der Waals surface area contributed by atoms with Gasteiger partial charge in [0, 0.05) is 0 Å². The first kappa shape index (κ1) is 15.9. The first-order chi connectivity index (χ1) is 8.93. The Kier molecular flexibility index (Phi) is 4.01. The molecule has 11 heteroatoms. The van der Waals surface area contributed by atoms with Crippen molar-refractivity contribution in [2.24, 2.45) is 5.73 Å². The number of hydrogen-bond acceptors (Lipinski definition) is 4. The molecule has 0 unspecified atom stereocenters. The van der Waals surface area contributed by atoms with E-state index in [0.29, 0.717) is 0 Å². The summed E-state index contributed by atoms with van der Waals surface area (Å²) in [5.41, 5.74) is 9.03. The van der Waals surface area contributed by atoms with Gasteiger partial charge in [0.1, 0.15) is 5.56 Å². The molecule has 0 aliphatic heterocycles. The molecular formula is C9H7F6N3O2. The molecule has 5 nitrogen and oxygen atoms in total. The van der Waals surface area contributed by atoms with Gasteiger partial charge in [0.25, 0.3) is 12.0 Å². The Labute approximate surface area is 107 Å². The molecule has 0 fully saturated rings. The number of hydrogen-bond donors (Lipinski definition) is 2. The summed E-state index contributed by atoms with van der Waals surface area (Å²) in [6.07, 6.45) is -14.9. The van der Waals surface area contributed by atoms with Crippen LogP contribution < -0.4 is 16.2 Å². The summed E-state index contributed by atoms with van der Waals surface area (Å²) >= 11 is 0. The number of halogens is 6. The zero-order chi connectivity index (χ0) is 15.7. The van der Waals surface area contributed by atoms with Crippen LogP contribution in [0.2, 0.25) is 0 Å². The van der Waals surface area contributed by atoms with Gasteiger partial charge in [0.15, 0.2) is 0 Å². The largest absolute Gasteiger partial charge is 0.454 e. The number of pyridine rings is 1. The summed E-state index contributed by atoms with van der Waals surface area (Å²) in [6.45, 7) is 0. The van der Waals surface area contributed by atoms with E-state index >= 15 is 0 Å². The number of alkyl halides is 6. The van der Waals surface area contributed by atoms with Crippen molar-refractivity contribution in [2.75, 3.05) is 5.73 Å². The third kappa shape index (κ3) is 3.65. The first-order valence-corrected chi connectivity index (χ1v) is 4.78. The van der Waals surface area contributed by atoms with E-state index in [0.717, 1.165) is 12.3 Å². The highest BCUT2D eigenvalue weighted by Gasteiger charge is 2.59. The maximum absolute atomic E-state index is 12.3. The summed E-state index contributed by atoms with van der Waals surface area (Å²) in [7, 11) is 0. The second-order valence-electron chi connectivity index (χ2n) is 3.57. The highest BCUT2D eigenvalue weighted by Crippen LogP contribution is 2.36. The highest BCUT2D eigenvalue weighted by atomic mass is 19.4. The van der Waals surface area contributed by atoms with Crippen LogP contribution in [0.4, 0.5) is 32.0 Å². The van der Waals surface area contributed by atoms with Gasteiger partial charge in [-0.3, -0.25) is 4.79 Å². The average molecular weight is 303 g/mol. The summed E-state index contributed by atoms with van der Waals surface area (Å²) in [6, 6.07) is 0.758. The smallest absolute Gasteiger partial charge is 0.434 e. The summed E-state index contributed by atoms with van der Waals surface area (Å²) in [5.74, 6) is -2.53. The van der Waals surface area contributed by atoms with Crippen molar-refractivity contribution in [2.45, 2.75) is 18.5 Å². The van der Waals surface area contributed by atoms with Crippen LogP contribution in [0.15, 0.2) is 12.3 Å². The number of carbonyl (C=O) groups is 1. The van der Waals surface area contributed by atoms with Crippen LogP contribution in [0.25, 0.3) is 0 Å². The number of amides is 1. The van der Waals surface area contributed by atoms with Gasteiger partial charge in [-0.25, -0.2) is 4.98 Å². The summed E-state index contributed by atoms with van der Waals surface area (Å²) in [4.78, 5) is 14.1. The topological polar surface area (TPSA) is 91.2 Å². The molecule has 1 rings (SSSR count). The van der Waals surface area contributed by atoms with Gasteiger partial charge < -0.3 is 16.2 Å². The normalized spacial score (nSPS) is 12.6. The number of ether oxygens (including phenoxy) is 1. The zero-order valence-corrected chi connectivity index (χ0v) is 9.42. The first-order valence-electron chi connectivity index (χ1n) is 4.78. The molecule has 0 aliphatic carbocycles. The lowest BCUT2D eigenvalue weighted by atomic mass is 10.2. The lowest BCUT2D eigenvalue weighted by Crippen LogP contribution is -2.47. The second kappa shape index (κ2) is 5.06. The minimum absolute atomic E-state index is 0.179. The number of nitrogen functional groups attached to an aromatic ring is 1. The molecule has 1 aromatic rings. The average Bonchev–Trinajstić information content (AvgIpc) is 2.23. The number of nitrogens with two attached hydrogens (primary N) is 2. The standard InChI is InChI=1S/C9H7F6N3O2/c10-8(11,12)7(9(13,14)15)20-6-4(5(17)19)1-3(16)2-18-6/h1-2,7H,16H2,(H2,17,19). The molecule has 0 spiro atoms. The zero-order valence-electron chi connectivity index (χ0n) is 9.42. The third-order valence-corrected chi connectivity index (χ3v) is 1.96. The fourth-order valence-corrected chi connectivity index (χ4v) is 1.17. The Hall–Kier alpha value is -2.20. The molecule has 0 bridgehead atoms. The molecule has 0 saturated carbocycles. The van der Waals surface area contributed by atoms with Crippen LogP contribution in [0.1, 0.15) is 10.4 Å². The number of primary amides is 1. The Bertz CT molecular complexity index is 499. The molecule has 1 aromatic heterocycles. The molecule has 4 N–H and O–H groups in total. The van der Waals surface area contributed by atoms with Gasteiger partial charge in [-0.05, 0) is 6.07 Å². The molecule has 0 radical (unpaired) electrons. The number of aromatic nitrogens is 1. The molecule has 0 atom stereocenters. The molecule has 0 aliphatic rings. The van der Waals surface area contributed by atoms with E-state index in [-0.39, 0.29) is 5.69 Å². The second-order valence-corrected chi connectivity index (χ2v) is 3.57. The Morgan fingerprint density at radius 1 is 1.20 bits per heavy atom. The van der Waals surface area contributed by atoms with Gasteiger partial charge in [0.2, 0.25) is 5.88 Å². The molecule has 20 heavy (non-hydrogen) atoms. The van der Waals surface area contributed by atoms with Crippen molar-refractivity contribution >= 4 is 11.6 Å². The van der Waals surface area contributed by atoms with Crippen molar-refractivity contribution in [1.82, 2.24) is 4.98 Å². The molecule has 1 heterocycles. The minimum atomic E-state index is -5.74. The molecule has 112 valence electrons. The lowest BCUT2D eigenvalue weighted by Gasteiger charge is -2.23. The monoisotopic (exact) mass is 303 g/mol. The predicted molar refractivity (Wildman–Crippen MR) is 53.7 cm³/mol. The Morgan fingerprint density at radius 3 is 2.10 bits per heavy atom. The highest BCUT2D eigenvalue weighted by molar-refractivity contribution is 5.95. The van der Waals surface area contributed by atoms with E-state index in [1.807, 2.05) is 0 Å². The van der Waals surface area contributed by atoms with Gasteiger partial charge in [-0.1, -0.05) is 0 Å². The Balaban J connectivity index is 3.22. The van der Waals surface area contributed by atoms with E-state index in [1.54, 1.807) is 0 Å². The van der Waals surface area contributed by atoms with E-state index in [1.165, 1.54) is 0 Å². The maximum Gasteiger partial charge on any atom is 0.434 e. The van der Waals surface area contributed by atoms with Crippen molar-refractivity contribution in [3.05, 3.63) is 17.8 Å². The van der Waals surface area contributed by atoms with Gasteiger partial charge in [0.05, 0.1) is 11.9 Å². The van der Waals surface area contributed by atoms with Crippen molar-refractivity contribution in [3.63, 3.8) is 0 Å². The SMILES string of the molecule is NC(=O)c1cc(N)cnc1OC(C(F)(F)F)C(F)(F)F. The molecule has 0 saturated heterocycles. The summed E-state index contributed by atoms with van der Waals surface area (Å²) in [5, 5.41) is 0. The fraction of sp³-hybridized carbons (Fsp3) is 0.333. The lowest BCUT2D eigenvalue weighted by molar-refractivity contribution is -0.300. The summed E-state index contributed by atoms with van der Waals surface area (Å²) < 4.78 is 77.6. The number of anilines is 1. The van der Waals surface area contributed by atoms with Crippen LogP contribution in [0, 0.1) is 0 Å². The number of rotatable bonds is 3. The third-order valence-electron chi connectivity index (χ3n) is 1.96. The fourth-order valence-electron chi connectivity index (χ4n) is 1.17. The predicted octanol–water partition coefficient (Wildman–Crippen LogP) is 1.63. The Morgan fingerprint density at radius 2 is 1.70 bits per heavy atom. The van der Waals surface area contributed by atoms with Crippen molar-refractivity contribution in [3.8, 4) is 5.88 Å². The maximum atomic E-state index is 12.3. The van der Waals surface area contributed by atoms with Gasteiger partial charge in [-0.15, -0.1) is 0 Å². The van der Waals surface area contributed by atoms with E-state index in [9.17, 15) is 31.1 Å². The van der Waals surface area contributed by atoms with Crippen LogP contribution in [0.5, 0.6) is 5.88 Å². The van der Waals surface area contributed by atoms with Crippen LogP contribution in [-0.2, 0) is 0 Å². The van der Waals surface area contributed by atoms with Crippen molar-refractivity contribution < 1.29 is 35.9 Å². The van der Waals surface area contributed by atoms with Crippen LogP contribution in [0.3, 0.4) is 0 Å². The van der Waals surface area contributed by atoms with E-state index in [2.05, 4.69) is 9.72 Å². The minimum Gasteiger partial charge on any atom is -0.454 e. The van der Waals surface area contributed by atoms with Gasteiger partial charge in [-0.2, -0.15) is 26.3 Å². The van der Waals surface area contributed by atoms with E-state index in [4.69, 9.17) is 11.5 Å². The van der Waals surface area contributed by atoms with Gasteiger partial charge >= 0.3 is 12.4 Å². The number of nitrogens with zero attached hydrogens (tertiary/aromatic N) is 1. The van der Waals surface area contributed by atoms with Crippen LogP contribution >= 0.6 is 0 Å². The van der Waals surface area contributed by atoms with E-state index < -0.39 is 35.8 Å². The van der Waals surface area contributed by atoms with Crippen molar-refractivity contribution in [1.29, 1.82) is 0 Å². The molecule has 1 amide bonds.